The van der Waals surface area contributed by atoms with Gasteiger partial charge in [-0.2, -0.15) is 0 Å². The van der Waals surface area contributed by atoms with Crippen molar-refractivity contribution in [2.45, 2.75) is 26.9 Å². The van der Waals surface area contributed by atoms with Gasteiger partial charge in [-0.15, -0.1) is 0 Å². The van der Waals surface area contributed by atoms with E-state index in [1.54, 1.807) is 13.8 Å². The molecule has 0 aliphatic carbocycles. The molecule has 0 saturated heterocycles. The number of aromatic amines is 1. The summed E-state index contributed by atoms with van der Waals surface area (Å²) in [5, 5.41) is 10.8. The van der Waals surface area contributed by atoms with E-state index < -0.39 is 22.8 Å². The number of nitrogens with zero attached hydrogens (tertiary/aromatic N) is 1. The van der Waals surface area contributed by atoms with Crippen LogP contribution in [0, 0.1) is 24.0 Å². The number of nitrogens with one attached hydrogen (secondary N) is 1. The van der Waals surface area contributed by atoms with Gasteiger partial charge in [0, 0.05) is 17.8 Å². The number of Topliss-reactive ketones (excluding diaryl/α,β-unsaturated/α-hetero) is 1. The zero-order valence-corrected chi connectivity index (χ0v) is 15.3. The number of esters is 1. The van der Waals surface area contributed by atoms with Gasteiger partial charge in [0.1, 0.15) is 5.75 Å². The molecule has 0 fully saturated rings. The van der Waals surface area contributed by atoms with Gasteiger partial charge >= 0.3 is 5.97 Å². The first-order valence-electron chi connectivity index (χ1n) is 7.59. The summed E-state index contributed by atoms with van der Waals surface area (Å²) in [4.78, 5) is 37.5. The molecule has 0 amide bonds. The number of halogens is 1. The van der Waals surface area contributed by atoms with Crippen LogP contribution in [0.1, 0.15) is 39.0 Å². The Kier molecular flexibility index (Phi) is 5.66. The number of nitro groups is 1. The average molecular weight is 381 g/mol. The molecular weight excluding hydrogens is 364 g/mol. The summed E-state index contributed by atoms with van der Waals surface area (Å²) in [5.41, 5.74) is 1.33. The lowest BCUT2D eigenvalue weighted by Gasteiger charge is -2.14. The van der Waals surface area contributed by atoms with Crippen molar-refractivity contribution in [2.75, 3.05) is 7.11 Å². The summed E-state index contributed by atoms with van der Waals surface area (Å²) >= 11 is 5.98. The molecule has 1 N–H and O–H groups in total. The SMILES string of the molecule is COC(=O)c1c(C)[nH]c(C(=O)[C@@H](C)Oc2ccc([N+](=O)[O-])cc2Cl)c1C. The van der Waals surface area contributed by atoms with Crippen LogP contribution in [-0.4, -0.2) is 34.9 Å². The first kappa shape index (κ1) is 19.5. The van der Waals surface area contributed by atoms with Crippen LogP contribution in [0.2, 0.25) is 5.02 Å². The number of hydrogen-bond donors (Lipinski definition) is 1. The Bertz CT molecular complexity index is 890. The van der Waals surface area contributed by atoms with Crippen LogP contribution in [0.5, 0.6) is 5.75 Å². The van der Waals surface area contributed by atoms with E-state index in [2.05, 4.69) is 4.98 Å². The van der Waals surface area contributed by atoms with Gasteiger partial charge in [0.25, 0.3) is 5.69 Å². The summed E-state index contributed by atoms with van der Waals surface area (Å²) in [6, 6.07) is 3.71. The molecule has 2 aromatic rings. The van der Waals surface area contributed by atoms with Crippen molar-refractivity contribution in [1.82, 2.24) is 4.98 Å². The lowest BCUT2D eigenvalue weighted by Crippen LogP contribution is -2.25. The lowest BCUT2D eigenvalue weighted by atomic mass is 10.1. The fraction of sp³-hybridized carbons (Fsp3) is 0.294. The largest absolute Gasteiger partial charge is 0.481 e. The second-order valence-corrected chi connectivity index (χ2v) is 6.02. The second-order valence-electron chi connectivity index (χ2n) is 5.61. The lowest BCUT2D eigenvalue weighted by molar-refractivity contribution is -0.384. The smallest absolute Gasteiger partial charge is 0.339 e. The fourth-order valence-electron chi connectivity index (χ4n) is 2.55. The van der Waals surface area contributed by atoms with E-state index in [1.807, 2.05) is 0 Å². The van der Waals surface area contributed by atoms with Crippen molar-refractivity contribution in [3.8, 4) is 5.75 Å². The predicted molar refractivity (Wildman–Crippen MR) is 94.1 cm³/mol. The van der Waals surface area contributed by atoms with E-state index in [4.69, 9.17) is 21.1 Å². The highest BCUT2D eigenvalue weighted by Crippen LogP contribution is 2.30. The molecule has 0 radical (unpaired) electrons. The van der Waals surface area contributed by atoms with Crippen molar-refractivity contribution in [3.63, 3.8) is 0 Å². The number of hydrogen-bond acceptors (Lipinski definition) is 6. The number of ketones is 1. The fourth-order valence-corrected chi connectivity index (χ4v) is 2.77. The average Bonchev–Trinajstić information content (AvgIpc) is 2.89. The molecule has 1 aromatic carbocycles. The summed E-state index contributed by atoms with van der Waals surface area (Å²) in [7, 11) is 1.26. The van der Waals surface area contributed by atoms with Gasteiger partial charge in [-0.3, -0.25) is 14.9 Å². The van der Waals surface area contributed by atoms with Crippen LogP contribution in [0.3, 0.4) is 0 Å². The zero-order chi connectivity index (χ0) is 19.6. The third-order valence-electron chi connectivity index (χ3n) is 3.87. The van der Waals surface area contributed by atoms with Crippen molar-refractivity contribution < 1.29 is 24.0 Å². The van der Waals surface area contributed by atoms with Gasteiger partial charge in [-0.1, -0.05) is 11.6 Å². The van der Waals surface area contributed by atoms with Crippen LogP contribution >= 0.6 is 11.6 Å². The Labute approximate surface area is 154 Å². The van der Waals surface area contributed by atoms with Crippen LogP contribution in [-0.2, 0) is 4.74 Å². The Morgan fingerprint density at radius 1 is 1.31 bits per heavy atom. The minimum Gasteiger partial charge on any atom is -0.481 e. The van der Waals surface area contributed by atoms with E-state index in [9.17, 15) is 19.7 Å². The molecule has 1 atom stereocenters. The maximum Gasteiger partial charge on any atom is 0.339 e. The van der Waals surface area contributed by atoms with E-state index in [1.165, 1.54) is 26.2 Å². The Balaban J connectivity index is 2.26. The number of methoxy groups -OCH3 is 1. The molecule has 1 aromatic heterocycles. The van der Waals surface area contributed by atoms with E-state index >= 15 is 0 Å². The van der Waals surface area contributed by atoms with Crippen molar-refractivity contribution in [2.24, 2.45) is 0 Å². The minimum atomic E-state index is -0.934. The van der Waals surface area contributed by atoms with Gasteiger partial charge < -0.3 is 14.5 Å². The van der Waals surface area contributed by atoms with Crippen molar-refractivity contribution in [1.29, 1.82) is 0 Å². The molecule has 0 unspecified atom stereocenters. The molecular formula is C17H17ClN2O6. The highest BCUT2D eigenvalue weighted by atomic mass is 35.5. The Hall–Kier alpha value is -2.87. The number of carbonyl (C=O) groups excluding carboxylic acids is 2. The highest BCUT2D eigenvalue weighted by Gasteiger charge is 2.27. The topological polar surface area (TPSA) is 112 Å². The minimum absolute atomic E-state index is 0.0217. The third kappa shape index (κ3) is 3.70. The maximum absolute atomic E-state index is 12.7. The molecule has 0 spiro atoms. The van der Waals surface area contributed by atoms with Crippen LogP contribution in [0.25, 0.3) is 0 Å². The summed E-state index contributed by atoms with van der Waals surface area (Å²) < 4.78 is 10.3. The number of benzene rings is 1. The number of nitro benzene ring substituents is 1. The highest BCUT2D eigenvalue weighted by molar-refractivity contribution is 6.32. The number of carbonyl (C=O) groups is 2. The number of ether oxygens (including phenoxy) is 2. The number of aromatic nitrogens is 1. The summed E-state index contributed by atoms with van der Waals surface area (Å²) in [6.07, 6.45) is -0.934. The summed E-state index contributed by atoms with van der Waals surface area (Å²) in [6.45, 7) is 4.82. The van der Waals surface area contributed by atoms with Gasteiger partial charge in [0.15, 0.2) is 6.10 Å². The van der Waals surface area contributed by atoms with Crippen molar-refractivity contribution >= 4 is 29.0 Å². The standard InChI is InChI=1S/C17H17ClN2O6/c1-8-14(17(22)25-4)9(2)19-15(8)16(21)10(3)26-13-6-5-11(20(23)24)7-12(13)18/h5-7,10,19H,1-4H3/t10-/m1/s1. The monoisotopic (exact) mass is 380 g/mol. The molecule has 0 bridgehead atoms. The summed E-state index contributed by atoms with van der Waals surface area (Å²) in [5.74, 6) is -0.787. The molecule has 2 rings (SSSR count). The quantitative estimate of drug-likeness (QED) is 0.354. The Morgan fingerprint density at radius 3 is 2.50 bits per heavy atom. The molecule has 0 saturated carbocycles. The molecule has 9 heteroatoms. The zero-order valence-electron chi connectivity index (χ0n) is 14.6. The molecule has 0 aliphatic heterocycles. The maximum atomic E-state index is 12.7. The van der Waals surface area contributed by atoms with Gasteiger partial charge in [0.2, 0.25) is 5.78 Å². The van der Waals surface area contributed by atoms with Crippen LogP contribution in [0.15, 0.2) is 18.2 Å². The van der Waals surface area contributed by atoms with E-state index in [0.717, 1.165) is 6.07 Å². The van der Waals surface area contributed by atoms with E-state index in [0.29, 0.717) is 16.8 Å². The first-order chi connectivity index (χ1) is 12.2. The molecule has 1 heterocycles. The van der Waals surface area contributed by atoms with Crippen LogP contribution < -0.4 is 4.74 Å². The Morgan fingerprint density at radius 2 is 1.96 bits per heavy atom. The van der Waals surface area contributed by atoms with Gasteiger partial charge in [-0.25, -0.2) is 4.79 Å². The predicted octanol–water partition coefficient (Wildman–Crippen LogP) is 3.63. The molecule has 8 nitrogen and oxygen atoms in total. The number of H-pyrrole nitrogens is 1. The molecule has 0 aliphatic rings. The molecule has 138 valence electrons. The second kappa shape index (κ2) is 7.57. The van der Waals surface area contributed by atoms with Gasteiger partial charge in [0.05, 0.1) is 28.3 Å². The number of aryl methyl sites for hydroxylation is 1. The van der Waals surface area contributed by atoms with Crippen LogP contribution in [0.4, 0.5) is 5.69 Å². The normalized spacial score (nSPS) is 11.7. The van der Waals surface area contributed by atoms with Gasteiger partial charge in [-0.05, 0) is 32.4 Å². The number of non-ortho nitro benzene ring substituents is 1. The molecule has 26 heavy (non-hydrogen) atoms. The third-order valence-corrected chi connectivity index (χ3v) is 4.17. The number of rotatable bonds is 6. The van der Waals surface area contributed by atoms with E-state index in [-0.39, 0.29) is 22.2 Å². The first-order valence-corrected chi connectivity index (χ1v) is 7.97. The van der Waals surface area contributed by atoms with Crippen molar-refractivity contribution in [3.05, 3.63) is 55.9 Å².